The molecule has 4 nitrogen and oxygen atoms in total. The van der Waals surface area contributed by atoms with Crippen LogP contribution in [0.1, 0.15) is 12.5 Å². The highest BCUT2D eigenvalue weighted by molar-refractivity contribution is 5.81. The van der Waals surface area contributed by atoms with Crippen LogP contribution in [-0.2, 0) is 4.79 Å². The fraction of sp³-hybridized carbons (Fsp3) is 0.250. The number of nitriles is 1. The van der Waals surface area contributed by atoms with Gasteiger partial charge in [-0.25, -0.2) is 0 Å². The van der Waals surface area contributed by atoms with Crippen LogP contribution in [0.25, 0.3) is 0 Å². The zero-order valence-electron chi connectivity index (χ0n) is 11.6. The summed E-state index contributed by atoms with van der Waals surface area (Å²) in [7, 11) is 0. The highest BCUT2D eigenvalue weighted by Crippen LogP contribution is 2.15. The Morgan fingerprint density at radius 3 is 2.65 bits per heavy atom. The molecule has 20 heavy (non-hydrogen) atoms. The number of benzene rings is 1. The van der Waals surface area contributed by atoms with Gasteiger partial charge < -0.3 is 9.64 Å². The van der Waals surface area contributed by atoms with Gasteiger partial charge in [-0.1, -0.05) is 18.2 Å². The van der Waals surface area contributed by atoms with Crippen molar-refractivity contribution in [2.24, 2.45) is 0 Å². The standard InChI is InChI=1S/C16H18N2O2/c1-4-9-18(10-5-2)16(19)13(3)20-15-8-6-7-14(11-15)12-17/h4-8,11,13H,1-2,9-10H2,3H3. The molecular formula is C16H18N2O2. The van der Waals surface area contributed by atoms with Crippen molar-refractivity contribution >= 4 is 5.91 Å². The summed E-state index contributed by atoms with van der Waals surface area (Å²) in [6, 6.07) is 8.76. The van der Waals surface area contributed by atoms with Gasteiger partial charge in [0.25, 0.3) is 5.91 Å². The molecule has 0 aliphatic heterocycles. The third-order valence-corrected chi connectivity index (χ3v) is 2.63. The van der Waals surface area contributed by atoms with E-state index in [1.54, 1.807) is 48.2 Å². The van der Waals surface area contributed by atoms with Gasteiger partial charge in [-0.15, -0.1) is 13.2 Å². The van der Waals surface area contributed by atoms with Crippen molar-refractivity contribution < 1.29 is 9.53 Å². The topological polar surface area (TPSA) is 53.3 Å². The Morgan fingerprint density at radius 2 is 2.10 bits per heavy atom. The lowest BCUT2D eigenvalue weighted by Crippen LogP contribution is -2.40. The van der Waals surface area contributed by atoms with E-state index in [1.807, 2.05) is 6.07 Å². The van der Waals surface area contributed by atoms with Gasteiger partial charge in [-0.2, -0.15) is 5.26 Å². The second kappa shape index (κ2) is 7.80. The van der Waals surface area contributed by atoms with E-state index in [2.05, 4.69) is 13.2 Å². The molecule has 1 rings (SSSR count). The van der Waals surface area contributed by atoms with Gasteiger partial charge in [-0.3, -0.25) is 4.79 Å². The van der Waals surface area contributed by atoms with Gasteiger partial charge >= 0.3 is 0 Å². The Labute approximate surface area is 119 Å². The number of hydrogen-bond acceptors (Lipinski definition) is 3. The monoisotopic (exact) mass is 270 g/mol. The van der Waals surface area contributed by atoms with Crippen LogP contribution in [0.4, 0.5) is 0 Å². The molecule has 4 heteroatoms. The van der Waals surface area contributed by atoms with E-state index in [0.717, 1.165) is 0 Å². The molecule has 1 unspecified atom stereocenters. The van der Waals surface area contributed by atoms with Crippen LogP contribution in [0.2, 0.25) is 0 Å². The van der Waals surface area contributed by atoms with Gasteiger partial charge in [0.1, 0.15) is 5.75 Å². The fourth-order valence-electron chi connectivity index (χ4n) is 1.72. The van der Waals surface area contributed by atoms with Crippen LogP contribution in [0.5, 0.6) is 5.75 Å². The minimum atomic E-state index is -0.635. The van der Waals surface area contributed by atoms with Crippen LogP contribution in [-0.4, -0.2) is 30.0 Å². The molecule has 104 valence electrons. The smallest absolute Gasteiger partial charge is 0.263 e. The predicted octanol–water partition coefficient (Wildman–Crippen LogP) is 2.53. The summed E-state index contributed by atoms with van der Waals surface area (Å²) >= 11 is 0. The van der Waals surface area contributed by atoms with E-state index < -0.39 is 6.10 Å². The van der Waals surface area contributed by atoms with Crippen LogP contribution >= 0.6 is 0 Å². The fourth-order valence-corrected chi connectivity index (χ4v) is 1.72. The van der Waals surface area contributed by atoms with E-state index in [9.17, 15) is 4.79 Å². The molecule has 1 amide bonds. The summed E-state index contributed by atoms with van der Waals surface area (Å²) in [6.07, 6.45) is 2.68. The molecule has 0 aliphatic rings. The molecule has 0 radical (unpaired) electrons. The molecule has 0 aromatic heterocycles. The van der Waals surface area contributed by atoms with Crippen LogP contribution < -0.4 is 4.74 Å². The quantitative estimate of drug-likeness (QED) is 0.715. The lowest BCUT2D eigenvalue weighted by molar-refractivity contribution is -0.136. The van der Waals surface area contributed by atoms with Gasteiger partial charge in [-0.05, 0) is 25.1 Å². The lowest BCUT2D eigenvalue weighted by atomic mass is 10.2. The van der Waals surface area contributed by atoms with Gasteiger partial charge in [0, 0.05) is 13.1 Å². The van der Waals surface area contributed by atoms with E-state index in [1.165, 1.54) is 0 Å². The van der Waals surface area contributed by atoms with E-state index in [0.29, 0.717) is 24.4 Å². The van der Waals surface area contributed by atoms with E-state index >= 15 is 0 Å². The molecule has 0 fully saturated rings. The maximum atomic E-state index is 12.2. The van der Waals surface area contributed by atoms with Crippen molar-refractivity contribution in [3.63, 3.8) is 0 Å². The summed E-state index contributed by atoms with van der Waals surface area (Å²) < 4.78 is 5.58. The van der Waals surface area contributed by atoms with Gasteiger partial charge in [0.2, 0.25) is 0 Å². The first-order valence-electron chi connectivity index (χ1n) is 6.29. The largest absolute Gasteiger partial charge is 0.481 e. The molecule has 0 heterocycles. The highest BCUT2D eigenvalue weighted by atomic mass is 16.5. The first kappa shape index (κ1) is 15.5. The van der Waals surface area contributed by atoms with Crippen molar-refractivity contribution in [3.05, 3.63) is 55.1 Å². The Morgan fingerprint density at radius 1 is 1.45 bits per heavy atom. The Balaban J connectivity index is 2.75. The zero-order valence-corrected chi connectivity index (χ0v) is 11.6. The van der Waals surface area contributed by atoms with E-state index in [4.69, 9.17) is 10.00 Å². The predicted molar refractivity (Wildman–Crippen MR) is 78.2 cm³/mol. The zero-order chi connectivity index (χ0) is 15.0. The number of hydrogen-bond donors (Lipinski definition) is 0. The Hall–Kier alpha value is -2.54. The molecule has 0 saturated heterocycles. The van der Waals surface area contributed by atoms with Gasteiger partial charge in [0.15, 0.2) is 6.10 Å². The second-order valence-electron chi connectivity index (χ2n) is 4.22. The minimum absolute atomic E-state index is 0.146. The lowest BCUT2D eigenvalue weighted by Gasteiger charge is -2.23. The van der Waals surface area contributed by atoms with Crippen LogP contribution in [0, 0.1) is 11.3 Å². The number of carbonyl (C=O) groups is 1. The maximum absolute atomic E-state index is 12.2. The molecule has 0 aliphatic carbocycles. The number of rotatable bonds is 7. The minimum Gasteiger partial charge on any atom is -0.481 e. The molecule has 0 bridgehead atoms. The number of nitrogens with zero attached hydrogens (tertiary/aromatic N) is 2. The van der Waals surface area contributed by atoms with Crippen LogP contribution in [0.15, 0.2) is 49.6 Å². The summed E-state index contributed by atoms with van der Waals surface area (Å²) in [5.41, 5.74) is 0.496. The molecule has 0 N–H and O–H groups in total. The number of ether oxygens (including phenoxy) is 1. The highest BCUT2D eigenvalue weighted by Gasteiger charge is 2.20. The average molecular weight is 270 g/mol. The van der Waals surface area contributed by atoms with Crippen molar-refractivity contribution in [2.75, 3.05) is 13.1 Å². The second-order valence-corrected chi connectivity index (χ2v) is 4.22. The number of amides is 1. The summed E-state index contributed by atoms with van der Waals surface area (Å²) in [5, 5.41) is 8.83. The Bertz CT molecular complexity index is 522. The van der Waals surface area contributed by atoms with Crippen molar-refractivity contribution in [2.45, 2.75) is 13.0 Å². The SMILES string of the molecule is C=CCN(CC=C)C(=O)C(C)Oc1cccc(C#N)c1. The van der Waals surface area contributed by atoms with Crippen molar-refractivity contribution in [1.82, 2.24) is 4.90 Å². The van der Waals surface area contributed by atoms with E-state index in [-0.39, 0.29) is 5.91 Å². The average Bonchev–Trinajstić information content (AvgIpc) is 2.46. The molecule has 1 aromatic carbocycles. The Kier molecular flexibility index (Phi) is 6.05. The molecular weight excluding hydrogens is 252 g/mol. The van der Waals surface area contributed by atoms with Crippen LogP contribution in [0.3, 0.4) is 0 Å². The molecule has 1 atom stereocenters. The summed E-state index contributed by atoms with van der Waals surface area (Å²) in [5.74, 6) is 0.356. The molecule has 0 saturated carbocycles. The first-order valence-corrected chi connectivity index (χ1v) is 6.29. The third kappa shape index (κ3) is 4.29. The molecule has 0 spiro atoms. The molecule has 1 aromatic rings. The number of carbonyl (C=O) groups excluding carboxylic acids is 1. The maximum Gasteiger partial charge on any atom is 0.263 e. The first-order chi connectivity index (χ1) is 9.62. The summed E-state index contributed by atoms with van der Waals surface area (Å²) in [6.45, 7) is 9.82. The summed E-state index contributed by atoms with van der Waals surface area (Å²) in [4.78, 5) is 13.8. The van der Waals surface area contributed by atoms with Gasteiger partial charge in [0.05, 0.1) is 11.6 Å². The third-order valence-electron chi connectivity index (χ3n) is 2.63. The normalized spacial score (nSPS) is 11.0. The van der Waals surface area contributed by atoms with Crippen molar-refractivity contribution in [3.8, 4) is 11.8 Å². The van der Waals surface area contributed by atoms with Crippen molar-refractivity contribution in [1.29, 1.82) is 5.26 Å².